The first kappa shape index (κ1) is 13.4. The van der Waals surface area contributed by atoms with Gasteiger partial charge in [0.05, 0.1) is 11.2 Å². The number of hydrogen-bond donors (Lipinski definition) is 1. The van der Waals surface area contributed by atoms with Crippen LogP contribution in [0.25, 0.3) is 16.6 Å². The van der Waals surface area contributed by atoms with Crippen molar-refractivity contribution in [2.24, 2.45) is 10.2 Å². The number of pyridine rings is 2. The van der Waals surface area contributed by atoms with Crippen LogP contribution in [0.1, 0.15) is 5.69 Å². The molecule has 112 valence electrons. The van der Waals surface area contributed by atoms with E-state index in [1.165, 1.54) is 0 Å². The Morgan fingerprint density at radius 1 is 1.04 bits per heavy atom. The number of aromatic nitrogens is 3. The van der Waals surface area contributed by atoms with Crippen LogP contribution in [0.2, 0.25) is 0 Å². The van der Waals surface area contributed by atoms with Crippen molar-refractivity contribution in [2.45, 2.75) is 6.92 Å². The molecule has 0 saturated carbocycles. The van der Waals surface area contributed by atoms with Gasteiger partial charge in [-0.25, -0.2) is 4.98 Å². The standard InChI is InChI=1S/C17H13N5O/c1-11-16(22-10-4-8-14(23)17(22)19-11)21-20-13-7-2-5-12-6-3-9-18-15(12)13/h2-10,23H,1H3. The van der Waals surface area contributed by atoms with Crippen LogP contribution in [0.5, 0.6) is 5.75 Å². The number of aromatic hydroxyl groups is 1. The summed E-state index contributed by atoms with van der Waals surface area (Å²) in [5.74, 6) is 0.702. The quantitative estimate of drug-likeness (QED) is 0.560. The number of azo groups is 1. The van der Waals surface area contributed by atoms with E-state index in [1.807, 2.05) is 37.3 Å². The number of nitrogens with zero attached hydrogens (tertiary/aromatic N) is 5. The largest absolute Gasteiger partial charge is 0.504 e. The molecule has 0 aliphatic heterocycles. The molecule has 0 atom stereocenters. The molecular weight excluding hydrogens is 290 g/mol. The Hall–Kier alpha value is -3.28. The molecule has 4 rings (SSSR count). The molecule has 0 saturated heterocycles. The zero-order chi connectivity index (χ0) is 15.8. The van der Waals surface area contributed by atoms with Gasteiger partial charge in [-0.15, -0.1) is 10.2 Å². The van der Waals surface area contributed by atoms with Crippen LogP contribution in [0.4, 0.5) is 11.5 Å². The summed E-state index contributed by atoms with van der Waals surface area (Å²) in [5.41, 5.74) is 2.66. The number of fused-ring (bicyclic) bond motifs is 2. The minimum Gasteiger partial charge on any atom is -0.504 e. The Morgan fingerprint density at radius 2 is 1.91 bits per heavy atom. The van der Waals surface area contributed by atoms with Crippen molar-refractivity contribution in [2.75, 3.05) is 0 Å². The molecule has 3 heterocycles. The van der Waals surface area contributed by atoms with Gasteiger partial charge in [0.1, 0.15) is 5.69 Å². The smallest absolute Gasteiger partial charge is 0.182 e. The molecule has 4 aromatic rings. The number of para-hydroxylation sites is 1. The topological polar surface area (TPSA) is 75.1 Å². The Balaban J connectivity index is 1.85. The summed E-state index contributed by atoms with van der Waals surface area (Å²) >= 11 is 0. The van der Waals surface area contributed by atoms with E-state index in [4.69, 9.17) is 0 Å². The highest BCUT2D eigenvalue weighted by Gasteiger charge is 2.11. The van der Waals surface area contributed by atoms with Crippen molar-refractivity contribution in [3.8, 4) is 5.75 Å². The predicted octanol–water partition coefficient (Wildman–Crippen LogP) is 4.31. The summed E-state index contributed by atoms with van der Waals surface area (Å²) in [7, 11) is 0. The van der Waals surface area contributed by atoms with Crippen LogP contribution in [0.3, 0.4) is 0 Å². The van der Waals surface area contributed by atoms with Crippen LogP contribution in [0.15, 0.2) is 65.1 Å². The molecule has 0 aliphatic rings. The molecule has 0 aliphatic carbocycles. The van der Waals surface area contributed by atoms with E-state index in [-0.39, 0.29) is 5.75 Å². The second kappa shape index (κ2) is 5.17. The Kier molecular flexibility index (Phi) is 3.01. The summed E-state index contributed by atoms with van der Waals surface area (Å²) in [6.07, 6.45) is 3.53. The molecule has 1 aromatic carbocycles. The van der Waals surface area contributed by atoms with E-state index >= 15 is 0 Å². The third kappa shape index (κ3) is 2.20. The second-order valence-corrected chi connectivity index (χ2v) is 5.16. The fraction of sp³-hybridized carbons (Fsp3) is 0.0588. The zero-order valence-electron chi connectivity index (χ0n) is 12.4. The maximum Gasteiger partial charge on any atom is 0.182 e. The van der Waals surface area contributed by atoms with Crippen molar-refractivity contribution in [1.82, 2.24) is 14.4 Å². The average Bonchev–Trinajstić information content (AvgIpc) is 2.90. The predicted molar refractivity (Wildman–Crippen MR) is 87.5 cm³/mol. The fourth-order valence-electron chi connectivity index (χ4n) is 2.54. The molecule has 6 nitrogen and oxygen atoms in total. The van der Waals surface area contributed by atoms with Crippen molar-refractivity contribution < 1.29 is 5.11 Å². The SMILES string of the molecule is Cc1nc2c(O)cccn2c1N=Nc1cccc2cccnc12. The highest BCUT2D eigenvalue weighted by molar-refractivity contribution is 5.88. The summed E-state index contributed by atoms with van der Waals surface area (Å²) in [6.45, 7) is 1.84. The first-order valence-electron chi connectivity index (χ1n) is 7.16. The summed E-state index contributed by atoms with van der Waals surface area (Å²) in [4.78, 5) is 8.69. The van der Waals surface area contributed by atoms with Gasteiger partial charge in [0.15, 0.2) is 17.2 Å². The van der Waals surface area contributed by atoms with Crippen LogP contribution < -0.4 is 0 Å². The van der Waals surface area contributed by atoms with Gasteiger partial charge in [0, 0.05) is 17.8 Å². The lowest BCUT2D eigenvalue weighted by Gasteiger charge is -2.00. The average molecular weight is 303 g/mol. The maximum absolute atomic E-state index is 9.87. The minimum absolute atomic E-state index is 0.115. The summed E-state index contributed by atoms with van der Waals surface area (Å²) < 4.78 is 1.72. The normalized spacial score (nSPS) is 11.7. The molecule has 0 amide bonds. The summed E-state index contributed by atoms with van der Waals surface area (Å²) in [5, 5.41) is 19.5. The monoisotopic (exact) mass is 303 g/mol. The fourth-order valence-corrected chi connectivity index (χ4v) is 2.54. The molecule has 23 heavy (non-hydrogen) atoms. The highest BCUT2D eigenvalue weighted by Crippen LogP contribution is 2.29. The third-order valence-electron chi connectivity index (χ3n) is 3.64. The van der Waals surface area contributed by atoms with Crippen molar-refractivity contribution in [3.63, 3.8) is 0 Å². The van der Waals surface area contributed by atoms with Gasteiger partial charge in [0.25, 0.3) is 0 Å². The van der Waals surface area contributed by atoms with Crippen molar-refractivity contribution in [1.29, 1.82) is 0 Å². The van der Waals surface area contributed by atoms with E-state index in [0.29, 0.717) is 22.8 Å². The van der Waals surface area contributed by atoms with Gasteiger partial charge in [-0.3, -0.25) is 9.38 Å². The number of aryl methyl sites for hydroxylation is 1. The number of benzene rings is 1. The lowest BCUT2D eigenvalue weighted by atomic mass is 10.2. The minimum atomic E-state index is 0.115. The van der Waals surface area contributed by atoms with Gasteiger partial charge in [0.2, 0.25) is 0 Å². The molecule has 0 bridgehead atoms. The van der Waals surface area contributed by atoms with Crippen LogP contribution in [-0.4, -0.2) is 19.5 Å². The maximum atomic E-state index is 9.87. The molecule has 1 N–H and O–H groups in total. The lowest BCUT2D eigenvalue weighted by Crippen LogP contribution is -1.83. The molecule has 0 spiro atoms. The first-order valence-corrected chi connectivity index (χ1v) is 7.16. The van der Waals surface area contributed by atoms with E-state index in [0.717, 1.165) is 10.9 Å². The van der Waals surface area contributed by atoms with Gasteiger partial charge in [-0.1, -0.05) is 18.2 Å². The van der Waals surface area contributed by atoms with E-state index in [9.17, 15) is 5.11 Å². The van der Waals surface area contributed by atoms with E-state index in [1.54, 1.807) is 28.9 Å². The highest BCUT2D eigenvalue weighted by atomic mass is 16.3. The second-order valence-electron chi connectivity index (χ2n) is 5.16. The number of rotatable bonds is 2. The van der Waals surface area contributed by atoms with Crippen LogP contribution in [0, 0.1) is 6.92 Å². The van der Waals surface area contributed by atoms with Crippen LogP contribution in [-0.2, 0) is 0 Å². The lowest BCUT2D eigenvalue weighted by molar-refractivity contribution is 0.477. The van der Waals surface area contributed by atoms with E-state index < -0.39 is 0 Å². The van der Waals surface area contributed by atoms with Gasteiger partial charge < -0.3 is 5.11 Å². The van der Waals surface area contributed by atoms with E-state index in [2.05, 4.69) is 20.2 Å². The number of hydrogen-bond acceptors (Lipinski definition) is 5. The van der Waals surface area contributed by atoms with Gasteiger partial charge >= 0.3 is 0 Å². The van der Waals surface area contributed by atoms with Crippen LogP contribution >= 0.6 is 0 Å². The molecule has 0 unspecified atom stereocenters. The molecule has 6 heteroatoms. The Labute approximate surface area is 131 Å². The van der Waals surface area contributed by atoms with Crippen molar-refractivity contribution in [3.05, 3.63) is 60.6 Å². The summed E-state index contributed by atoms with van der Waals surface area (Å²) in [6, 6.07) is 13.0. The first-order chi connectivity index (χ1) is 11.2. The number of imidazole rings is 1. The molecule has 0 radical (unpaired) electrons. The van der Waals surface area contributed by atoms with Gasteiger partial charge in [-0.2, -0.15) is 0 Å². The molecule has 3 aromatic heterocycles. The van der Waals surface area contributed by atoms with Crippen molar-refractivity contribution >= 4 is 28.1 Å². The third-order valence-corrected chi connectivity index (χ3v) is 3.64. The Morgan fingerprint density at radius 3 is 2.83 bits per heavy atom. The Bertz CT molecular complexity index is 1050. The zero-order valence-corrected chi connectivity index (χ0v) is 12.4. The van der Waals surface area contributed by atoms with Gasteiger partial charge in [-0.05, 0) is 31.2 Å². The molecule has 0 fully saturated rings. The molecular formula is C17H13N5O.